The quantitative estimate of drug-likeness (QED) is 0.610. The second-order valence-electron chi connectivity index (χ2n) is 3.14. The van der Waals surface area contributed by atoms with Crippen molar-refractivity contribution < 1.29 is 28.1 Å². The van der Waals surface area contributed by atoms with E-state index in [9.17, 15) is 8.42 Å². The van der Waals surface area contributed by atoms with E-state index in [1.54, 1.807) is 6.08 Å². The van der Waals surface area contributed by atoms with Gasteiger partial charge in [0.25, 0.3) is 0 Å². The third-order valence-electron chi connectivity index (χ3n) is 1.96. The molecule has 1 aliphatic carbocycles. The van der Waals surface area contributed by atoms with Gasteiger partial charge in [-0.2, -0.15) is 8.42 Å². The number of hydrogen-bond donors (Lipinski definition) is 2. The van der Waals surface area contributed by atoms with Crippen LogP contribution in [0.2, 0.25) is 0 Å². The minimum Gasteiger partial charge on any atom is -0.495 e. The van der Waals surface area contributed by atoms with E-state index < -0.39 is 10.3 Å². The molecule has 0 fully saturated rings. The van der Waals surface area contributed by atoms with E-state index in [0.29, 0.717) is 5.76 Å². The fraction of sp³-hybridized carbons (Fsp3) is 0.500. The van der Waals surface area contributed by atoms with Crippen molar-refractivity contribution in [1.82, 2.24) is 0 Å². The SMILES string of the molecule is O=S(=O)=C1CC(OCCO)=CC=C1OCCO. The monoisotopic (exact) mass is 262 g/mol. The summed E-state index contributed by atoms with van der Waals surface area (Å²) >= 11 is 0. The predicted octanol–water partition coefficient (Wildman–Crippen LogP) is -0.773. The van der Waals surface area contributed by atoms with Crippen LogP contribution in [0.3, 0.4) is 0 Å². The molecule has 7 heteroatoms. The fourth-order valence-electron chi connectivity index (χ4n) is 1.27. The van der Waals surface area contributed by atoms with Gasteiger partial charge in [-0.05, 0) is 12.2 Å². The predicted molar refractivity (Wildman–Crippen MR) is 60.8 cm³/mol. The molecule has 0 unspecified atom stereocenters. The third-order valence-corrected chi connectivity index (χ3v) is 2.71. The largest absolute Gasteiger partial charge is 0.495 e. The molecule has 1 rings (SSSR count). The Labute approximate surface area is 100 Å². The van der Waals surface area contributed by atoms with Crippen molar-refractivity contribution in [2.45, 2.75) is 6.42 Å². The van der Waals surface area contributed by atoms with Crippen LogP contribution in [0.15, 0.2) is 23.7 Å². The molecule has 0 saturated carbocycles. The first kappa shape index (κ1) is 13.8. The lowest BCUT2D eigenvalue weighted by Crippen LogP contribution is -2.15. The molecule has 0 heterocycles. The highest BCUT2D eigenvalue weighted by Crippen LogP contribution is 2.17. The Bertz CT molecular complexity index is 437. The van der Waals surface area contributed by atoms with Gasteiger partial charge in [0.2, 0.25) is 10.3 Å². The first-order chi connectivity index (χ1) is 8.19. The number of aliphatic hydroxyl groups excluding tert-OH is 2. The number of allylic oxidation sites excluding steroid dienone is 4. The van der Waals surface area contributed by atoms with Gasteiger partial charge in [0.1, 0.15) is 29.6 Å². The molecular weight excluding hydrogens is 248 g/mol. The van der Waals surface area contributed by atoms with Gasteiger partial charge in [-0.3, -0.25) is 0 Å². The van der Waals surface area contributed by atoms with Crippen molar-refractivity contribution in [1.29, 1.82) is 0 Å². The van der Waals surface area contributed by atoms with Gasteiger partial charge in [-0.1, -0.05) is 0 Å². The lowest BCUT2D eigenvalue weighted by atomic mass is 10.1. The van der Waals surface area contributed by atoms with Crippen molar-refractivity contribution in [3.63, 3.8) is 0 Å². The van der Waals surface area contributed by atoms with Gasteiger partial charge in [0.05, 0.1) is 13.2 Å². The van der Waals surface area contributed by atoms with E-state index in [-0.39, 0.29) is 43.5 Å². The highest BCUT2D eigenvalue weighted by atomic mass is 32.2. The van der Waals surface area contributed by atoms with Gasteiger partial charge in [0, 0.05) is 6.42 Å². The van der Waals surface area contributed by atoms with Crippen LogP contribution in [-0.2, 0) is 19.8 Å². The molecule has 0 aromatic carbocycles. The molecule has 0 aromatic rings. The summed E-state index contributed by atoms with van der Waals surface area (Å²) in [6.07, 6.45) is 3.14. The zero-order valence-corrected chi connectivity index (χ0v) is 9.94. The van der Waals surface area contributed by atoms with E-state index in [1.807, 2.05) is 0 Å². The van der Waals surface area contributed by atoms with Crippen LogP contribution < -0.4 is 0 Å². The zero-order valence-electron chi connectivity index (χ0n) is 9.13. The number of hydrogen-bond acceptors (Lipinski definition) is 6. The molecule has 2 N–H and O–H groups in total. The Morgan fingerprint density at radius 2 is 1.76 bits per heavy atom. The van der Waals surface area contributed by atoms with Crippen molar-refractivity contribution in [2.75, 3.05) is 26.4 Å². The summed E-state index contributed by atoms with van der Waals surface area (Å²) in [6, 6.07) is 0. The topological polar surface area (TPSA) is 93.1 Å². The molecule has 6 nitrogen and oxygen atoms in total. The van der Waals surface area contributed by atoms with Crippen LogP contribution in [0.25, 0.3) is 0 Å². The van der Waals surface area contributed by atoms with E-state index in [2.05, 4.69) is 0 Å². The standard InChI is InChI=1S/C10H14O6S/c11-3-5-15-8-1-2-9(16-6-4-12)10(7-8)17(13)14/h1-2,11-12H,3-7H2. The second-order valence-corrected chi connectivity index (χ2v) is 4.10. The van der Waals surface area contributed by atoms with Crippen molar-refractivity contribution in [3.8, 4) is 0 Å². The first-order valence-corrected chi connectivity index (χ1v) is 6.10. The maximum atomic E-state index is 11.0. The summed E-state index contributed by atoms with van der Waals surface area (Å²) in [5, 5.41) is 17.2. The van der Waals surface area contributed by atoms with Gasteiger partial charge in [0.15, 0.2) is 0 Å². The van der Waals surface area contributed by atoms with E-state index in [4.69, 9.17) is 19.7 Å². The first-order valence-electron chi connectivity index (χ1n) is 5.02. The Morgan fingerprint density at radius 3 is 2.35 bits per heavy atom. The minimum absolute atomic E-state index is 0.0349. The van der Waals surface area contributed by atoms with Crippen LogP contribution >= 0.6 is 0 Å². The second kappa shape index (κ2) is 7.10. The smallest absolute Gasteiger partial charge is 0.221 e. The van der Waals surface area contributed by atoms with Crippen molar-refractivity contribution in [2.24, 2.45) is 0 Å². The summed E-state index contributed by atoms with van der Waals surface area (Å²) in [6.45, 7) is -0.170. The molecule has 0 saturated heterocycles. The number of ether oxygens (including phenoxy) is 2. The van der Waals surface area contributed by atoms with Crippen molar-refractivity contribution in [3.05, 3.63) is 23.7 Å². The van der Waals surface area contributed by atoms with Crippen LogP contribution in [-0.4, -0.2) is 49.9 Å². The fourth-order valence-corrected chi connectivity index (χ4v) is 1.82. The Balaban J connectivity index is 2.83. The Morgan fingerprint density at radius 1 is 1.12 bits per heavy atom. The molecule has 0 aromatic heterocycles. The lowest BCUT2D eigenvalue weighted by Gasteiger charge is -2.16. The van der Waals surface area contributed by atoms with Crippen LogP contribution in [0, 0.1) is 0 Å². The van der Waals surface area contributed by atoms with Crippen LogP contribution in [0.5, 0.6) is 0 Å². The van der Waals surface area contributed by atoms with E-state index in [0.717, 1.165) is 0 Å². The molecule has 1 aliphatic rings. The molecule has 0 amide bonds. The van der Waals surface area contributed by atoms with Crippen LogP contribution in [0.1, 0.15) is 6.42 Å². The maximum Gasteiger partial charge on any atom is 0.221 e. The summed E-state index contributed by atoms with van der Waals surface area (Å²) in [7, 11) is -2.40. The summed E-state index contributed by atoms with van der Waals surface area (Å²) < 4.78 is 32.2. The molecule has 17 heavy (non-hydrogen) atoms. The molecule has 96 valence electrons. The molecule has 0 spiro atoms. The summed E-state index contributed by atoms with van der Waals surface area (Å²) in [5.74, 6) is 0.665. The molecule has 0 aliphatic heterocycles. The number of aliphatic hydroxyl groups is 2. The van der Waals surface area contributed by atoms with Gasteiger partial charge < -0.3 is 19.7 Å². The number of rotatable bonds is 6. The average molecular weight is 262 g/mol. The summed E-state index contributed by atoms with van der Waals surface area (Å²) in [4.78, 5) is 0.0777. The highest BCUT2D eigenvalue weighted by molar-refractivity contribution is 7.73. The van der Waals surface area contributed by atoms with E-state index in [1.165, 1.54) is 6.08 Å². The van der Waals surface area contributed by atoms with Gasteiger partial charge in [-0.15, -0.1) is 0 Å². The minimum atomic E-state index is -2.40. The maximum absolute atomic E-state index is 11.0. The zero-order chi connectivity index (χ0) is 12.7. The third kappa shape index (κ3) is 4.22. The highest BCUT2D eigenvalue weighted by Gasteiger charge is 2.17. The summed E-state index contributed by atoms with van der Waals surface area (Å²) in [5.41, 5.74) is 0. The Hall–Kier alpha value is -1.31. The molecule has 0 atom stereocenters. The van der Waals surface area contributed by atoms with Crippen LogP contribution in [0.4, 0.5) is 0 Å². The van der Waals surface area contributed by atoms with E-state index >= 15 is 0 Å². The molecule has 0 radical (unpaired) electrons. The van der Waals surface area contributed by atoms with Gasteiger partial charge in [-0.25, -0.2) is 0 Å². The average Bonchev–Trinajstić information content (AvgIpc) is 2.34. The molecule has 0 bridgehead atoms. The Kier molecular flexibility index (Phi) is 5.75. The molecular formula is C10H14O6S. The normalized spacial score (nSPS) is 15.1. The van der Waals surface area contributed by atoms with Crippen molar-refractivity contribution >= 4 is 15.2 Å². The van der Waals surface area contributed by atoms with Gasteiger partial charge >= 0.3 is 0 Å². The lowest BCUT2D eigenvalue weighted by molar-refractivity contribution is 0.140.